The van der Waals surface area contributed by atoms with Crippen molar-refractivity contribution < 1.29 is 19.4 Å². The topological polar surface area (TPSA) is 113 Å². The van der Waals surface area contributed by atoms with Crippen LogP contribution in [0, 0.1) is 20.2 Å². The Morgan fingerprint density at radius 3 is 2.45 bits per heavy atom. The van der Waals surface area contributed by atoms with E-state index in [2.05, 4.69) is 6.58 Å². The van der Waals surface area contributed by atoms with Crippen molar-refractivity contribution in [1.82, 2.24) is 0 Å². The molecule has 0 atom stereocenters. The van der Waals surface area contributed by atoms with Crippen LogP contribution in [0.25, 0.3) is 0 Å². The van der Waals surface area contributed by atoms with Gasteiger partial charge in [-0.2, -0.15) is 0 Å². The zero-order valence-electron chi connectivity index (χ0n) is 10.7. The van der Waals surface area contributed by atoms with E-state index in [0.29, 0.717) is 0 Å². The quantitative estimate of drug-likeness (QED) is 0.341. The van der Waals surface area contributed by atoms with Gasteiger partial charge < -0.3 is 4.74 Å². The van der Waals surface area contributed by atoms with Crippen LogP contribution in [-0.4, -0.2) is 22.4 Å². The first-order chi connectivity index (χ1) is 9.32. The Kier molecular flexibility index (Phi) is 4.90. The normalized spacial score (nSPS) is 9.85. The number of hydrogen-bond donors (Lipinski definition) is 0. The number of non-ortho nitro benzene ring substituents is 1. The molecular weight excluding hydrogens is 268 g/mol. The van der Waals surface area contributed by atoms with Gasteiger partial charge in [0.1, 0.15) is 0 Å². The highest BCUT2D eigenvalue weighted by molar-refractivity contribution is 5.86. The predicted octanol–water partition coefficient (Wildman–Crippen LogP) is 2.16. The van der Waals surface area contributed by atoms with E-state index in [0.717, 1.165) is 6.07 Å². The average Bonchev–Trinajstić information content (AvgIpc) is 2.38. The minimum absolute atomic E-state index is 0.0651. The largest absolute Gasteiger partial charge is 0.462 e. The van der Waals surface area contributed by atoms with Gasteiger partial charge in [-0.3, -0.25) is 20.2 Å². The first kappa shape index (κ1) is 15.3. The number of ether oxygens (including phenoxy) is 1. The summed E-state index contributed by atoms with van der Waals surface area (Å²) in [5.74, 6) is -0.588. The number of benzene rings is 1. The minimum Gasteiger partial charge on any atom is -0.462 e. The summed E-state index contributed by atoms with van der Waals surface area (Å²) in [7, 11) is 0. The molecule has 0 amide bonds. The SMILES string of the molecule is C=C(C)C(=O)OCCc1ccc([N+](=O)[O-])cc1[N+](=O)[O-]. The molecule has 0 aromatic heterocycles. The third-order valence-corrected chi connectivity index (χ3v) is 2.43. The van der Waals surface area contributed by atoms with Crippen molar-refractivity contribution in [3.63, 3.8) is 0 Å². The molecule has 0 fully saturated rings. The van der Waals surface area contributed by atoms with E-state index >= 15 is 0 Å². The van der Waals surface area contributed by atoms with Crippen molar-refractivity contribution in [2.45, 2.75) is 13.3 Å². The van der Waals surface area contributed by atoms with Crippen LogP contribution in [0.5, 0.6) is 0 Å². The number of nitrogens with zero attached hydrogens (tertiary/aromatic N) is 2. The monoisotopic (exact) mass is 280 g/mol. The molecule has 0 saturated heterocycles. The number of carbonyl (C=O) groups is 1. The van der Waals surface area contributed by atoms with Gasteiger partial charge in [-0.15, -0.1) is 0 Å². The van der Waals surface area contributed by atoms with Crippen molar-refractivity contribution in [1.29, 1.82) is 0 Å². The summed E-state index contributed by atoms with van der Waals surface area (Å²) in [6.45, 7) is 4.82. The van der Waals surface area contributed by atoms with E-state index in [4.69, 9.17) is 4.74 Å². The standard InChI is InChI=1S/C12H12N2O6/c1-8(2)12(15)20-6-5-9-3-4-10(13(16)17)7-11(9)14(18)19/h3-4,7H,1,5-6H2,2H3. The second-order valence-electron chi connectivity index (χ2n) is 3.99. The first-order valence-electron chi connectivity index (χ1n) is 5.57. The molecule has 8 heteroatoms. The molecule has 0 saturated carbocycles. The molecule has 0 radical (unpaired) electrons. The van der Waals surface area contributed by atoms with Crippen molar-refractivity contribution >= 4 is 17.3 Å². The Balaban J connectivity index is 2.84. The minimum atomic E-state index is -0.710. The van der Waals surface area contributed by atoms with Gasteiger partial charge in [0.2, 0.25) is 0 Å². The van der Waals surface area contributed by atoms with Crippen LogP contribution in [0.4, 0.5) is 11.4 Å². The lowest BCUT2D eigenvalue weighted by Gasteiger charge is -2.05. The molecule has 0 spiro atoms. The van der Waals surface area contributed by atoms with Crippen LogP contribution in [0.1, 0.15) is 12.5 Å². The number of esters is 1. The average molecular weight is 280 g/mol. The number of rotatable bonds is 6. The summed E-state index contributed by atoms with van der Waals surface area (Å²) in [6, 6.07) is 3.34. The Bertz CT molecular complexity index is 581. The number of hydrogen-bond acceptors (Lipinski definition) is 6. The smallest absolute Gasteiger partial charge is 0.333 e. The zero-order chi connectivity index (χ0) is 15.3. The lowest BCUT2D eigenvalue weighted by Crippen LogP contribution is -2.09. The fourth-order valence-corrected chi connectivity index (χ4v) is 1.42. The van der Waals surface area contributed by atoms with Crippen LogP contribution in [0.2, 0.25) is 0 Å². The van der Waals surface area contributed by atoms with Crippen LogP contribution < -0.4 is 0 Å². The molecule has 0 heterocycles. The van der Waals surface area contributed by atoms with Gasteiger partial charge in [0.25, 0.3) is 11.4 Å². The van der Waals surface area contributed by atoms with Gasteiger partial charge in [0.05, 0.1) is 22.5 Å². The summed E-state index contributed by atoms with van der Waals surface area (Å²) in [6.07, 6.45) is 0.0906. The van der Waals surface area contributed by atoms with Crippen molar-refractivity contribution in [3.05, 3.63) is 56.1 Å². The van der Waals surface area contributed by atoms with Gasteiger partial charge in [0.15, 0.2) is 0 Å². The number of nitro benzene ring substituents is 2. The third kappa shape index (κ3) is 3.87. The summed E-state index contributed by atoms with van der Waals surface area (Å²) in [5, 5.41) is 21.4. The van der Waals surface area contributed by atoms with Gasteiger partial charge in [0, 0.05) is 23.6 Å². The Morgan fingerprint density at radius 2 is 1.95 bits per heavy atom. The molecule has 0 unspecified atom stereocenters. The molecule has 0 N–H and O–H groups in total. The fourth-order valence-electron chi connectivity index (χ4n) is 1.42. The molecule has 1 aromatic carbocycles. The summed E-state index contributed by atoms with van der Waals surface area (Å²) in [5.41, 5.74) is -0.247. The summed E-state index contributed by atoms with van der Waals surface area (Å²) < 4.78 is 4.82. The third-order valence-electron chi connectivity index (χ3n) is 2.43. The van der Waals surface area contributed by atoms with Crippen LogP contribution in [-0.2, 0) is 16.0 Å². The molecule has 0 aliphatic carbocycles. The van der Waals surface area contributed by atoms with E-state index in [1.807, 2.05) is 0 Å². The highest BCUT2D eigenvalue weighted by atomic mass is 16.6. The van der Waals surface area contributed by atoms with Crippen LogP contribution in [0.15, 0.2) is 30.4 Å². The zero-order valence-corrected chi connectivity index (χ0v) is 10.7. The highest BCUT2D eigenvalue weighted by Crippen LogP contribution is 2.25. The lowest BCUT2D eigenvalue weighted by molar-refractivity contribution is -0.394. The molecule has 106 valence electrons. The van der Waals surface area contributed by atoms with Gasteiger partial charge in [-0.1, -0.05) is 6.58 Å². The molecule has 1 rings (SSSR count). The molecule has 0 bridgehead atoms. The van der Waals surface area contributed by atoms with Gasteiger partial charge >= 0.3 is 5.97 Å². The lowest BCUT2D eigenvalue weighted by atomic mass is 10.1. The number of nitro groups is 2. The second kappa shape index (κ2) is 6.41. The fraction of sp³-hybridized carbons (Fsp3) is 0.250. The van der Waals surface area contributed by atoms with E-state index < -0.39 is 15.8 Å². The van der Waals surface area contributed by atoms with Gasteiger partial charge in [-0.05, 0) is 13.0 Å². The highest BCUT2D eigenvalue weighted by Gasteiger charge is 2.19. The van der Waals surface area contributed by atoms with E-state index in [-0.39, 0.29) is 35.5 Å². The maximum Gasteiger partial charge on any atom is 0.333 e. The van der Waals surface area contributed by atoms with E-state index in [1.54, 1.807) is 0 Å². The van der Waals surface area contributed by atoms with Crippen LogP contribution in [0.3, 0.4) is 0 Å². The van der Waals surface area contributed by atoms with E-state index in [1.165, 1.54) is 19.1 Å². The molecule has 8 nitrogen and oxygen atoms in total. The van der Waals surface area contributed by atoms with Crippen LogP contribution >= 0.6 is 0 Å². The van der Waals surface area contributed by atoms with Gasteiger partial charge in [-0.25, -0.2) is 4.79 Å². The van der Waals surface area contributed by atoms with Crippen molar-refractivity contribution in [2.24, 2.45) is 0 Å². The molecule has 0 aliphatic rings. The summed E-state index contributed by atoms with van der Waals surface area (Å²) in [4.78, 5) is 31.2. The Hall–Kier alpha value is -2.77. The molecular formula is C12H12N2O6. The Labute approximate surface area is 114 Å². The first-order valence-corrected chi connectivity index (χ1v) is 5.57. The van der Waals surface area contributed by atoms with Crippen molar-refractivity contribution in [3.8, 4) is 0 Å². The number of carbonyl (C=O) groups excluding carboxylic acids is 1. The molecule has 0 aliphatic heterocycles. The predicted molar refractivity (Wildman–Crippen MR) is 69.2 cm³/mol. The Morgan fingerprint density at radius 1 is 1.30 bits per heavy atom. The van der Waals surface area contributed by atoms with Crippen molar-refractivity contribution in [2.75, 3.05) is 6.61 Å². The second-order valence-corrected chi connectivity index (χ2v) is 3.99. The maximum atomic E-state index is 11.2. The van der Waals surface area contributed by atoms with E-state index in [9.17, 15) is 25.0 Å². The molecule has 20 heavy (non-hydrogen) atoms. The summed E-state index contributed by atoms with van der Waals surface area (Å²) >= 11 is 0. The maximum absolute atomic E-state index is 11.2. The molecule has 1 aromatic rings.